The fraction of sp³-hybridized carbons (Fsp3) is 1.00. The third kappa shape index (κ3) is 3.49. The predicted octanol–water partition coefficient (Wildman–Crippen LogP) is 1.41. The Bertz CT molecular complexity index is 69.3. The zero-order valence-electron chi connectivity index (χ0n) is 5.93. The Morgan fingerprint density at radius 3 is 2.78 bits per heavy atom. The van der Waals surface area contributed by atoms with Gasteiger partial charge in [-0.15, -0.1) is 0 Å². The molecule has 0 saturated heterocycles. The second-order valence-electron chi connectivity index (χ2n) is 2.55. The summed E-state index contributed by atoms with van der Waals surface area (Å²) in [6.45, 7) is 1.32. The van der Waals surface area contributed by atoms with Gasteiger partial charge in [-0.1, -0.05) is 12.8 Å². The monoisotopic (exact) mass is 130 g/mol. The van der Waals surface area contributed by atoms with Crippen LogP contribution in [0, 0.1) is 5.92 Å². The highest BCUT2D eigenvalue weighted by molar-refractivity contribution is 4.71. The Balaban J connectivity index is 1.71. The van der Waals surface area contributed by atoms with Crippen LogP contribution >= 0.6 is 0 Å². The average Bonchev–Trinajstić information content (AvgIpc) is 2.63. The van der Waals surface area contributed by atoms with Crippen molar-refractivity contribution in [1.29, 1.82) is 0 Å². The maximum Gasteiger partial charge on any atom is 0.146 e. The van der Waals surface area contributed by atoms with Gasteiger partial charge in [0.25, 0.3) is 0 Å². The van der Waals surface area contributed by atoms with Crippen LogP contribution in [-0.2, 0) is 9.47 Å². The minimum absolute atomic E-state index is 0.451. The lowest BCUT2D eigenvalue weighted by Crippen LogP contribution is -1.98. The van der Waals surface area contributed by atoms with Gasteiger partial charge in [0.15, 0.2) is 0 Å². The Labute approximate surface area is 56.2 Å². The van der Waals surface area contributed by atoms with Gasteiger partial charge in [0, 0.05) is 13.7 Å². The molecule has 54 valence electrons. The quantitative estimate of drug-likeness (QED) is 0.414. The molecule has 9 heavy (non-hydrogen) atoms. The van der Waals surface area contributed by atoms with Crippen LogP contribution in [-0.4, -0.2) is 20.5 Å². The summed E-state index contributed by atoms with van der Waals surface area (Å²) >= 11 is 0. The first-order valence-electron chi connectivity index (χ1n) is 3.50. The van der Waals surface area contributed by atoms with E-state index >= 15 is 0 Å². The number of rotatable bonds is 5. The lowest BCUT2D eigenvalue weighted by atomic mass is 10.3. The van der Waals surface area contributed by atoms with Crippen LogP contribution < -0.4 is 0 Å². The van der Waals surface area contributed by atoms with E-state index in [-0.39, 0.29) is 0 Å². The molecular weight excluding hydrogens is 116 g/mol. The molecule has 1 fully saturated rings. The van der Waals surface area contributed by atoms with Gasteiger partial charge in [-0.2, -0.15) is 0 Å². The first-order chi connectivity index (χ1) is 4.43. The smallest absolute Gasteiger partial charge is 0.146 e. The molecule has 1 aliphatic carbocycles. The number of hydrogen-bond donors (Lipinski definition) is 0. The van der Waals surface area contributed by atoms with Crippen LogP contribution in [0.1, 0.15) is 19.3 Å². The van der Waals surface area contributed by atoms with Crippen molar-refractivity contribution >= 4 is 0 Å². The first kappa shape index (κ1) is 7.03. The molecule has 0 aromatic heterocycles. The summed E-state index contributed by atoms with van der Waals surface area (Å²) in [7, 11) is 1.65. The number of hydrogen-bond acceptors (Lipinski definition) is 2. The number of ether oxygens (including phenoxy) is 2. The number of methoxy groups -OCH3 is 1. The Morgan fingerprint density at radius 2 is 2.22 bits per heavy atom. The SMILES string of the molecule is COCOCCC1CC1. The van der Waals surface area contributed by atoms with E-state index in [1.807, 2.05) is 0 Å². The second-order valence-corrected chi connectivity index (χ2v) is 2.55. The van der Waals surface area contributed by atoms with Gasteiger partial charge in [0.05, 0.1) is 0 Å². The maximum absolute atomic E-state index is 5.11. The molecule has 0 radical (unpaired) electrons. The molecule has 0 N–H and O–H groups in total. The predicted molar refractivity (Wildman–Crippen MR) is 35.2 cm³/mol. The van der Waals surface area contributed by atoms with Gasteiger partial charge in [-0.25, -0.2) is 0 Å². The van der Waals surface area contributed by atoms with Crippen molar-refractivity contribution in [3.05, 3.63) is 0 Å². The molecular formula is C7H14O2. The first-order valence-corrected chi connectivity index (χ1v) is 3.50. The van der Waals surface area contributed by atoms with E-state index < -0.39 is 0 Å². The van der Waals surface area contributed by atoms with Crippen molar-refractivity contribution in [1.82, 2.24) is 0 Å². The fourth-order valence-electron chi connectivity index (χ4n) is 0.799. The topological polar surface area (TPSA) is 18.5 Å². The van der Waals surface area contributed by atoms with Crippen molar-refractivity contribution in [2.24, 2.45) is 5.92 Å². The van der Waals surface area contributed by atoms with Crippen molar-refractivity contribution in [2.45, 2.75) is 19.3 Å². The van der Waals surface area contributed by atoms with E-state index in [0.29, 0.717) is 6.79 Å². The van der Waals surface area contributed by atoms with Crippen LogP contribution in [0.4, 0.5) is 0 Å². The third-order valence-corrected chi connectivity index (χ3v) is 1.57. The molecule has 0 atom stereocenters. The Morgan fingerprint density at radius 1 is 1.44 bits per heavy atom. The molecule has 1 saturated carbocycles. The zero-order valence-corrected chi connectivity index (χ0v) is 5.93. The highest BCUT2D eigenvalue weighted by Crippen LogP contribution is 2.31. The minimum Gasteiger partial charge on any atom is -0.359 e. The highest BCUT2D eigenvalue weighted by atomic mass is 16.7. The summed E-state index contributed by atoms with van der Waals surface area (Å²) in [5.41, 5.74) is 0. The van der Waals surface area contributed by atoms with Gasteiger partial charge in [-0.05, 0) is 12.3 Å². The summed E-state index contributed by atoms with van der Waals surface area (Å²) in [5.74, 6) is 0.974. The van der Waals surface area contributed by atoms with Crippen molar-refractivity contribution in [3.63, 3.8) is 0 Å². The van der Waals surface area contributed by atoms with E-state index in [1.165, 1.54) is 19.3 Å². The van der Waals surface area contributed by atoms with Crippen LogP contribution in [0.2, 0.25) is 0 Å². The summed E-state index contributed by atoms with van der Waals surface area (Å²) < 4.78 is 9.83. The molecule has 2 heteroatoms. The standard InChI is InChI=1S/C7H14O2/c1-8-6-9-5-4-7-2-3-7/h7H,2-6H2,1H3. The van der Waals surface area contributed by atoms with Gasteiger partial charge in [-0.3, -0.25) is 0 Å². The minimum atomic E-state index is 0.451. The van der Waals surface area contributed by atoms with Crippen LogP contribution in [0.5, 0.6) is 0 Å². The van der Waals surface area contributed by atoms with Crippen LogP contribution in [0.3, 0.4) is 0 Å². The molecule has 0 spiro atoms. The molecule has 1 aliphatic rings. The Kier molecular flexibility index (Phi) is 3.01. The van der Waals surface area contributed by atoms with Gasteiger partial charge in [0.2, 0.25) is 0 Å². The zero-order chi connectivity index (χ0) is 6.53. The van der Waals surface area contributed by atoms with E-state index in [2.05, 4.69) is 0 Å². The van der Waals surface area contributed by atoms with Crippen LogP contribution in [0.15, 0.2) is 0 Å². The summed E-state index contributed by atoms with van der Waals surface area (Å²) in [6.07, 6.45) is 4.05. The molecule has 0 bridgehead atoms. The molecule has 0 aromatic carbocycles. The molecule has 0 aromatic rings. The van der Waals surface area contributed by atoms with Crippen molar-refractivity contribution < 1.29 is 9.47 Å². The van der Waals surface area contributed by atoms with Crippen molar-refractivity contribution in [3.8, 4) is 0 Å². The highest BCUT2D eigenvalue weighted by Gasteiger charge is 2.20. The lowest BCUT2D eigenvalue weighted by molar-refractivity contribution is -0.0322. The summed E-state index contributed by atoms with van der Waals surface area (Å²) in [6, 6.07) is 0. The van der Waals surface area contributed by atoms with Crippen molar-refractivity contribution in [2.75, 3.05) is 20.5 Å². The van der Waals surface area contributed by atoms with Crippen LogP contribution in [0.25, 0.3) is 0 Å². The van der Waals surface area contributed by atoms with E-state index in [9.17, 15) is 0 Å². The second kappa shape index (κ2) is 3.85. The molecule has 1 rings (SSSR count). The largest absolute Gasteiger partial charge is 0.359 e. The van der Waals surface area contributed by atoms with Gasteiger partial charge in [0.1, 0.15) is 6.79 Å². The summed E-state index contributed by atoms with van der Waals surface area (Å²) in [5, 5.41) is 0. The molecule has 0 unspecified atom stereocenters. The van der Waals surface area contributed by atoms with E-state index in [4.69, 9.17) is 9.47 Å². The lowest BCUT2D eigenvalue weighted by Gasteiger charge is -1.99. The molecule has 0 heterocycles. The maximum atomic E-state index is 5.11. The normalized spacial score (nSPS) is 18.3. The fourth-order valence-corrected chi connectivity index (χ4v) is 0.799. The molecule has 0 amide bonds. The van der Waals surface area contributed by atoms with E-state index in [0.717, 1.165) is 12.5 Å². The molecule has 2 nitrogen and oxygen atoms in total. The van der Waals surface area contributed by atoms with E-state index in [1.54, 1.807) is 7.11 Å². The average molecular weight is 130 g/mol. The van der Waals surface area contributed by atoms with Gasteiger partial charge < -0.3 is 9.47 Å². The molecule has 0 aliphatic heterocycles. The Hall–Kier alpha value is -0.0800. The van der Waals surface area contributed by atoms with Gasteiger partial charge >= 0.3 is 0 Å². The third-order valence-electron chi connectivity index (χ3n) is 1.57. The summed E-state index contributed by atoms with van der Waals surface area (Å²) in [4.78, 5) is 0.